The quantitative estimate of drug-likeness (QED) is 0.905. The molecule has 25 heavy (non-hydrogen) atoms. The van der Waals surface area contributed by atoms with Gasteiger partial charge in [-0.25, -0.2) is 0 Å². The smallest absolute Gasteiger partial charge is 0.232 e. The molecule has 1 amide bonds. The van der Waals surface area contributed by atoms with Crippen LogP contribution in [0, 0.1) is 5.92 Å². The Morgan fingerprint density at radius 2 is 1.76 bits per heavy atom. The Balaban J connectivity index is 1.81. The van der Waals surface area contributed by atoms with Crippen LogP contribution >= 0.6 is 11.6 Å². The molecule has 3 rings (SSSR count). The lowest BCUT2D eigenvalue weighted by molar-refractivity contribution is -0.135. The standard InChI is InChI=1S/C21H25ClN2O/c1-21(2,17-8-10-18(22)11-9-17)20(25)24-13-16(12-23)19(14-24)15-6-4-3-5-7-15/h3-11,16,19H,12-14,23H2,1-2H3/t16-,19+/m1/s1. The van der Waals surface area contributed by atoms with Crippen LogP contribution in [0.3, 0.4) is 0 Å². The average Bonchev–Trinajstić information content (AvgIpc) is 3.06. The number of benzene rings is 2. The Morgan fingerprint density at radius 1 is 1.12 bits per heavy atom. The molecule has 1 heterocycles. The Labute approximate surface area is 154 Å². The van der Waals surface area contributed by atoms with Gasteiger partial charge in [0.25, 0.3) is 0 Å². The van der Waals surface area contributed by atoms with Crippen molar-refractivity contribution < 1.29 is 4.79 Å². The largest absolute Gasteiger partial charge is 0.341 e. The first kappa shape index (κ1) is 18.0. The molecule has 0 aromatic heterocycles. The lowest BCUT2D eigenvalue weighted by atomic mass is 9.83. The van der Waals surface area contributed by atoms with Crippen molar-refractivity contribution in [2.24, 2.45) is 11.7 Å². The molecule has 0 saturated carbocycles. The summed E-state index contributed by atoms with van der Waals surface area (Å²) in [6, 6.07) is 17.9. The molecule has 1 fully saturated rings. The Kier molecular flexibility index (Phi) is 5.16. The molecule has 2 aromatic carbocycles. The minimum Gasteiger partial charge on any atom is -0.341 e. The number of carbonyl (C=O) groups excluding carboxylic acids is 1. The number of nitrogens with zero attached hydrogens (tertiary/aromatic N) is 1. The van der Waals surface area contributed by atoms with Crippen LogP contribution in [0.2, 0.25) is 5.02 Å². The van der Waals surface area contributed by atoms with Crippen molar-refractivity contribution in [3.63, 3.8) is 0 Å². The van der Waals surface area contributed by atoms with Crippen LogP contribution in [0.25, 0.3) is 0 Å². The predicted molar refractivity (Wildman–Crippen MR) is 103 cm³/mol. The third-order valence-corrected chi connectivity index (χ3v) is 5.61. The molecule has 3 nitrogen and oxygen atoms in total. The number of hydrogen-bond acceptors (Lipinski definition) is 2. The molecule has 132 valence electrons. The molecule has 1 aliphatic rings. The molecule has 1 saturated heterocycles. The van der Waals surface area contributed by atoms with Crippen LogP contribution < -0.4 is 5.73 Å². The van der Waals surface area contributed by atoms with E-state index < -0.39 is 5.41 Å². The minimum atomic E-state index is -0.588. The highest BCUT2D eigenvalue weighted by Gasteiger charge is 2.41. The van der Waals surface area contributed by atoms with Crippen LogP contribution in [0.5, 0.6) is 0 Å². The van der Waals surface area contributed by atoms with E-state index in [1.54, 1.807) is 0 Å². The summed E-state index contributed by atoms with van der Waals surface area (Å²) < 4.78 is 0. The number of nitrogens with two attached hydrogens (primary N) is 1. The first-order valence-electron chi connectivity index (χ1n) is 8.74. The van der Waals surface area contributed by atoms with Gasteiger partial charge in [-0.2, -0.15) is 0 Å². The van der Waals surface area contributed by atoms with E-state index in [4.69, 9.17) is 17.3 Å². The van der Waals surface area contributed by atoms with Crippen LogP contribution in [0.15, 0.2) is 54.6 Å². The van der Waals surface area contributed by atoms with Gasteiger partial charge in [0.05, 0.1) is 5.41 Å². The van der Waals surface area contributed by atoms with Gasteiger partial charge in [-0.1, -0.05) is 54.1 Å². The van der Waals surface area contributed by atoms with Crippen molar-refractivity contribution in [3.8, 4) is 0 Å². The third kappa shape index (κ3) is 3.58. The van der Waals surface area contributed by atoms with Gasteiger partial charge in [-0.05, 0) is 49.6 Å². The molecule has 1 aliphatic heterocycles. The molecular formula is C21H25ClN2O. The zero-order valence-electron chi connectivity index (χ0n) is 14.8. The van der Waals surface area contributed by atoms with Crippen molar-refractivity contribution in [1.82, 2.24) is 4.90 Å². The molecule has 4 heteroatoms. The topological polar surface area (TPSA) is 46.3 Å². The fourth-order valence-electron chi connectivity index (χ4n) is 3.74. The van der Waals surface area contributed by atoms with E-state index in [0.717, 1.165) is 12.1 Å². The van der Waals surface area contributed by atoms with Crippen molar-refractivity contribution in [2.75, 3.05) is 19.6 Å². The summed E-state index contributed by atoms with van der Waals surface area (Å²) in [6.45, 7) is 5.98. The van der Waals surface area contributed by atoms with Gasteiger partial charge >= 0.3 is 0 Å². The van der Waals surface area contributed by atoms with Crippen molar-refractivity contribution in [1.29, 1.82) is 0 Å². The fraction of sp³-hybridized carbons (Fsp3) is 0.381. The van der Waals surface area contributed by atoms with Gasteiger partial charge in [0, 0.05) is 24.0 Å². The summed E-state index contributed by atoms with van der Waals surface area (Å²) in [5.74, 6) is 0.746. The molecule has 0 radical (unpaired) electrons. The number of rotatable bonds is 4. The van der Waals surface area contributed by atoms with Gasteiger partial charge in [-0.15, -0.1) is 0 Å². The summed E-state index contributed by atoms with van der Waals surface area (Å²) in [6.07, 6.45) is 0. The predicted octanol–water partition coefficient (Wildman–Crippen LogP) is 3.82. The zero-order chi connectivity index (χ0) is 18.0. The minimum absolute atomic E-state index is 0.145. The normalized spacial score (nSPS) is 20.7. The second-order valence-electron chi connectivity index (χ2n) is 7.35. The monoisotopic (exact) mass is 356 g/mol. The first-order chi connectivity index (χ1) is 11.9. The highest BCUT2D eigenvalue weighted by molar-refractivity contribution is 6.30. The lowest BCUT2D eigenvalue weighted by Crippen LogP contribution is -2.42. The van der Waals surface area contributed by atoms with Gasteiger partial charge in [0.15, 0.2) is 0 Å². The molecule has 2 aromatic rings. The second-order valence-corrected chi connectivity index (χ2v) is 7.79. The highest BCUT2D eigenvalue weighted by atomic mass is 35.5. The SMILES string of the molecule is CC(C)(C(=O)N1C[C@@H](CN)[C@H](c2ccccc2)C1)c1ccc(Cl)cc1. The molecule has 2 atom stereocenters. The van der Waals surface area contributed by atoms with Gasteiger partial charge < -0.3 is 10.6 Å². The highest BCUT2D eigenvalue weighted by Crippen LogP contribution is 2.35. The molecule has 0 aliphatic carbocycles. The van der Waals surface area contributed by atoms with E-state index in [1.807, 2.05) is 61.2 Å². The zero-order valence-corrected chi connectivity index (χ0v) is 15.5. The first-order valence-corrected chi connectivity index (χ1v) is 9.11. The fourth-order valence-corrected chi connectivity index (χ4v) is 3.87. The number of likely N-dealkylation sites (tertiary alicyclic amines) is 1. The van der Waals surface area contributed by atoms with Gasteiger partial charge in [-0.3, -0.25) is 4.79 Å². The number of carbonyl (C=O) groups is 1. The van der Waals surface area contributed by atoms with E-state index >= 15 is 0 Å². The number of hydrogen-bond donors (Lipinski definition) is 1. The lowest BCUT2D eigenvalue weighted by Gasteiger charge is -2.30. The van der Waals surface area contributed by atoms with E-state index in [2.05, 4.69) is 12.1 Å². The maximum Gasteiger partial charge on any atom is 0.232 e. The molecule has 0 unspecified atom stereocenters. The molecule has 0 bridgehead atoms. The van der Waals surface area contributed by atoms with Gasteiger partial charge in [0.2, 0.25) is 5.91 Å². The van der Waals surface area contributed by atoms with Crippen LogP contribution in [0.4, 0.5) is 0 Å². The maximum absolute atomic E-state index is 13.2. The van der Waals surface area contributed by atoms with Gasteiger partial charge in [0.1, 0.15) is 0 Å². The Bertz CT molecular complexity index is 727. The van der Waals surface area contributed by atoms with E-state index in [0.29, 0.717) is 29.9 Å². The maximum atomic E-state index is 13.2. The summed E-state index contributed by atoms with van der Waals surface area (Å²) >= 11 is 5.98. The summed E-state index contributed by atoms with van der Waals surface area (Å²) in [5, 5.41) is 0.681. The van der Waals surface area contributed by atoms with Crippen LogP contribution in [0.1, 0.15) is 30.9 Å². The van der Waals surface area contributed by atoms with E-state index in [-0.39, 0.29) is 5.91 Å². The van der Waals surface area contributed by atoms with Crippen molar-refractivity contribution in [3.05, 3.63) is 70.7 Å². The van der Waals surface area contributed by atoms with E-state index in [9.17, 15) is 4.79 Å². The molecule has 0 spiro atoms. The second kappa shape index (κ2) is 7.19. The molecular weight excluding hydrogens is 332 g/mol. The number of amides is 1. The summed E-state index contributed by atoms with van der Waals surface area (Å²) in [5.41, 5.74) is 7.66. The van der Waals surface area contributed by atoms with Crippen LogP contribution in [-0.2, 0) is 10.2 Å². The number of halogens is 1. The average molecular weight is 357 g/mol. The third-order valence-electron chi connectivity index (χ3n) is 5.36. The summed E-state index contributed by atoms with van der Waals surface area (Å²) in [7, 11) is 0. The van der Waals surface area contributed by atoms with Crippen molar-refractivity contribution >= 4 is 17.5 Å². The van der Waals surface area contributed by atoms with E-state index in [1.165, 1.54) is 5.56 Å². The Hall–Kier alpha value is -1.84. The van der Waals surface area contributed by atoms with Crippen molar-refractivity contribution in [2.45, 2.75) is 25.2 Å². The summed E-state index contributed by atoms with van der Waals surface area (Å²) in [4.78, 5) is 15.2. The molecule has 2 N–H and O–H groups in total. The van der Waals surface area contributed by atoms with Crippen LogP contribution in [-0.4, -0.2) is 30.4 Å². The Morgan fingerprint density at radius 3 is 2.36 bits per heavy atom.